The number of ketones is 1. The molecule has 4 N–H and O–H groups in total. The van der Waals surface area contributed by atoms with Gasteiger partial charge in [-0.1, -0.05) is 11.6 Å². The molecule has 4 atom stereocenters. The summed E-state index contributed by atoms with van der Waals surface area (Å²) < 4.78 is 27.1. The highest BCUT2D eigenvalue weighted by molar-refractivity contribution is 6.38. The number of hydrogen-bond acceptors (Lipinski definition) is 5. The van der Waals surface area contributed by atoms with Crippen LogP contribution in [0, 0.1) is 11.8 Å². The van der Waals surface area contributed by atoms with Crippen LogP contribution in [-0.4, -0.2) is 54.5 Å². The summed E-state index contributed by atoms with van der Waals surface area (Å²) in [5.41, 5.74) is -0.0972. The first kappa shape index (κ1) is 26.5. The summed E-state index contributed by atoms with van der Waals surface area (Å²) in [5, 5.41) is 10.1. The summed E-state index contributed by atoms with van der Waals surface area (Å²) in [6, 6.07) is 2.58. The average Bonchev–Trinajstić information content (AvgIpc) is 3.32. The molecule has 35 heavy (non-hydrogen) atoms. The van der Waals surface area contributed by atoms with Gasteiger partial charge in [-0.2, -0.15) is 0 Å². The van der Waals surface area contributed by atoms with Gasteiger partial charge in [0, 0.05) is 42.8 Å². The predicted molar refractivity (Wildman–Crippen MR) is 123 cm³/mol. The van der Waals surface area contributed by atoms with Crippen LogP contribution < -0.4 is 21.3 Å². The van der Waals surface area contributed by atoms with Crippen molar-refractivity contribution in [2.45, 2.75) is 57.0 Å². The van der Waals surface area contributed by atoms with Gasteiger partial charge in [0.2, 0.25) is 23.5 Å². The largest absolute Gasteiger partial charge is 0.353 e. The predicted octanol–water partition coefficient (Wildman–Crippen LogP) is 2.04. The molecule has 12 heteroatoms. The molecule has 1 aliphatic carbocycles. The summed E-state index contributed by atoms with van der Waals surface area (Å²) in [4.78, 5) is 62.5. The molecule has 0 radical (unpaired) electrons. The molecule has 9 nitrogen and oxygen atoms in total. The van der Waals surface area contributed by atoms with Gasteiger partial charge in [-0.3, -0.25) is 24.0 Å². The van der Waals surface area contributed by atoms with Crippen LogP contribution in [0.15, 0.2) is 18.2 Å². The second kappa shape index (κ2) is 10.7. The lowest BCUT2D eigenvalue weighted by Crippen LogP contribution is -2.48. The molecule has 3 rings (SSSR count). The van der Waals surface area contributed by atoms with Crippen LogP contribution in [-0.2, 0) is 19.2 Å². The maximum atomic E-state index is 13.5. The van der Waals surface area contributed by atoms with Crippen molar-refractivity contribution in [3.8, 4) is 0 Å². The van der Waals surface area contributed by atoms with Gasteiger partial charge in [-0.15, -0.1) is 0 Å². The molecule has 1 aromatic carbocycles. The van der Waals surface area contributed by atoms with Crippen LogP contribution >= 0.6 is 11.6 Å². The number of hydrogen-bond donors (Lipinski definition) is 4. The maximum Gasteiger partial charge on any atom is 0.289 e. The van der Waals surface area contributed by atoms with Crippen LogP contribution in [0.3, 0.4) is 0 Å². The van der Waals surface area contributed by atoms with Gasteiger partial charge in [0.15, 0.2) is 0 Å². The molecule has 0 bridgehead atoms. The van der Waals surface area contributed by atoms with E-state index < -0.39 is 60.1 Å². The topological polar surface area (TPSA) is 133 Å². The van der Waals surface area contributed by atoms with E-state index in [0.29, 0.717) is 6.42 Å². The maximum absolute atomic E-state index is 13.5. The number of anilines is 1. The Morgan fingerprint density at radius 3 is 2.54 bits per heavy atom. The summed E-state index contributed by atoms with van der Waals surface area (Å²) in [6.45, 7) is 1.80. The average molecular weight is 513 g/mol. The lowest BCUT2D eigenvalue weighted by atomic mass is 9.93. The van der Waals surface area contributed by atoms with Gasteiger partial charge in [0.05, 0.1) is 17.3 Å². The van der Waals surface area contributed by atoms with E-state index in [1.165, 1.54) is 25.2 Å². The van der Waals surface area contributed by atoms with Crippen molar-refractivity contribution in [2.24, 2.45) is 11.8 Å². The van der Waals surface area contributed by atoms with E-state index in [2.05, 4.69) is 21.3 Å². The van der Waals surface area contributed by atoms with Gasteiger partial charge in [-0.05, 0) is 44.4 Å². The van der Waals surface area contributed by atoms with Crippen molar-refractivity contribution < 1.29 is 32.8 Å². The van der Waals surface area contributed by atoms with Gasteiger partial charge >= 0.3 is 0 Å². The molecule has 1 heterocycles. The van der Waals surface area contributed by atoms with Crippen molar-refractivity contribution in [3.63, 3.8) is 0 Å². The third-order valence-electron chi connectivity index (χ3n) is 6.25. The first-order valence-corrected chi connectivity index (χ1v) is 11.6. The normalized spacial score (nSPS) is 23.8. The molecular weight excluding hydrogens is 486 g/mol. The van der Waals surface area contributed by atoms with Gasteiger partial charge in [-0.25, -0.2) is 8.78 Å². The van der Waals surface area contributed by atoms with Gasteiger partial charge in [0.25, 0.3) is 11.8 Å². The van der Waals surface area contributed by atoms with Crippen LogP contribution in [0.5, 0.6) is 0 Å². The summed E-state index contributed by atoms with van der Waals surface area (Å²) in [5.74, 6) is -8.07. The zero-order valence-electron chi connectivity index (χ0n) is 19.3. The highest BCUT2D eigenvalue weighted by Crippen LogP contribution is 2.39. The molecule has 1 saturated heterocycles. The number of benzene rings is 1. The number of carbonyl (C=O) groups excluding carboxylic acids is 5. The molecular formula is C23H27ClF2N4O5. The Morgan fingerprint density at radius 1 is 1.26 bits per heavy atom. The highest BCUT2D eigenvalue weighted by Gasteiger charge is 2.42. The number of carbonyl (C=O) groups is 5. The number of alkyl halides is 2. The van der Waals surface area contributed by atoms with Crippen LogP contribution in [0.4, 0.5) is 14.5 Å². The molecule has 1 aromatic rings. The molecule has 2 fully saturated rings. The Balaban J connectivity index is 1.80. The number of rotatable bonds is 8. The van der Waals surface area contributed by atoms with E-state index in [1.807, 2.05) is 0 Å². The highest BCUT2D eigenvalue weighted by atomic mass is 35.5. The molecule has 1 saturated carbocycles. The number of likely N-dealkylation sites (N-methyl/N-ethyl adjacent to an activating group) is 1. The minimum atomic E-state index is -2.92. The Morgan fingerprint density at radius 2 is 1.97 bits per heavy atom. The minimum Gasteiger partial charge on any atom is -0.353 e. The summed E-state index contributed by atoms with van der Waals surface area (Å²) >= 11 is 6.03. The number of halogens is 3. The smallest absolute Gasteiger partial charge is 0.289 e. The van der Waals surface area contributed by atoms with Crippen LogP contribution in [0.1, 0.15) is 49.4 Å². The fourth-order valence-corrected chi connectivity index (χ4v) is 4.58. The fourth-order valence-electron chi connectivity index (χ4n) is 4.41. The van der Waals surface area contributed by atoms with Crippen LogP contribution in [0.25, 0.3) is 0 Å². The quantitative estimate of drug-likeness (QED) is 0.396. The lowest BCUT2D eigenvalue weighted by molar-refractivity contribution is -0.139. The first-order chi connectivity index (χ1) is 16.4. The number of nitrogens with one attached hydrogen (secondary N) is 4. The third kappa shape index (κ3) is 6.53. The van der Waals surface area contributed by atoms with Crippen molar-refractivity contribution in [1.82, 2.24) is 16.0 Å². The second-order valence-electron chi connectivity index (χ2n) is 9.02. The molecule has 190 valence electrons. The van der Waals surface area contributed by atoms with Crippen LogP contribution in [0.2, 0.25) is 5.02 Å². The number of Topliss-reactive ketones (excluding diaryl/α,β-unsaturated/α-hetero) is 1. The molecule has 1 aliphatic heterocycles. The lowest BCUT2D eigenvalue weighted by Gasteiger charge is -2.21. The Hall–Kier alpha value is -3.08. The Labute approximate surface area is 205 Å². The molecule has 2 unspecified atom stereocenters. The minimum absolute atomic E-state index is 0.0124. The van der Waals surface area contributed by atoms with Gasteiger partial charge < -0.3 is 21.3 Å². The molecule has 0 spiro atoms. The van der Waals surface area contributed by atoms with Crippen molar-refractivity contribution in [2.75, 3.05) is 12.4 Å². The molecule has 4 amide bonds. The summed E-state index contributed by atoms with van der Waals surface area (Å²) in [7, 11) is 1.26. The Bertz CT molecular complexity index is 1050. The summed E-state index contributed by atoms with van der Waals surface area (Å²) in [6.07, 6.45) is -0.642. The monoisotopic (exact) mass is 512 g/mol. The van der Waals surface area contributed by atoms with E-state index in [9.17, 15) is 32.8 Å². The van der Waals surface area contributed by atoms with Crippen molar-refractivity contribution in [3.05, 3.63) is 28.8 Å². The number of amides is 4. The molecule has 0 aromatic heterocycles. The van der Waals surface area contributed by atoms with E-state index in [-0.39, 0.29) is 41.1 Å². The first-order valence-electron chi connectivity index (χ1n) is 11.3. The van der Waals surface area contributed by atoms with Crippen molar-refractivity contribution >= 4 is 46.7 Å². The SMILES string of the molecule is CNC(=O)C(=O)C(C[C@@H]1C[C@@H](C)NC1=O)NC(=O)c1cc(Cl)ccc1NC(=O)C1CCC(F)(F)C1. The standard InChI is InChI=1S/C23H27ClF2N4O5/c1-11-7-13(20(33)28-11)8-17(18(31)22(35)27-2)30-21(34)15-9-14(24)3-4-16(15)29-19(32)12-5-6-23(25,26)10-12/h3-4,9,11-13,17H,5-8,10H2,1-2H3,(H,27,35)(H,28,33)(H,29,32)(H,30,34)/t11-,12?,13+,17?/m1/s1. The van der Waals surface area contributed by atoms with Gasteiger partial charge in [0.1, 0.15) is 0 Å². The van der Waals surface area contributed by atoms with E-state index >= 15 is 0 Å². The molecule has 2 aliphatic rings. The zero-order valence-corrected chi connectivity index (χ0v) is 20.0. The fraction of sp³-hybridized carbons (Fsp3) is 0.522. The zero-order chi connectivity index (χ0) is 25.9. The van der Waals surface area contributed by atoms with Crippen molar-refractivity contribution in [1.29, 1.82) is 0 Å². The van der Waals surface area contributed by atoms with E-state index in [4.69, 9.17) is 11.6 Å². The third-order valence-corrected chi connectivity index (χ3v) is 6.48. The Kier molecular flexibility index (Phi) is 8.09. The second-order valence-corrected chi connectivity index (χ2v) is 9.46. The van der Waals surface area contributed by atoms with E-state index in [1.54, 1.807) is 6.92 Å². The van der Waals surface area contributed by atoms with E-state index in [0.717, 1.165) is 0 Å².